The Kier molecular flexibility index (Phi) is 4.77. The molecule has 3 heterocycles. The Labute approximate surface area is 164 Å². The number of hydrogen-bond donors (Lipinski definition) is 2. The molecular weight excluding hydrogens is 356 g/mol. The van der Waals surface area contributed by atoms with Crippen molar-refractivity contribution in [1.29, 1.82) is 0 Å². The summed E-state index contributed by atoms with van der Waals surface area (Å²) in [5.41, 5.74) is 3.25. The van der Waals surface area contributed by atoms with Gasteiger partial charge in [-0.3, -0.25) is 9.78 Å². The Hall–Kier alpha value is -2.57. The molecule has 0 spiro atoms. The van der Waals surface area contributed by atoms with E-state index in [0.717, 1.165) is 48.0 Å². The van der Waals surface area contributed by atoms with Crippen molar-refractivity contribution < 1.29 is 14.3 Å². The lowest BCUT2D eigenvalue weighted by Gasteiger charge is -2.33. The average Bonchev–Trinajstić information content (AvgIpc) is 3.40. The summed E-state index contributed by atoms with van der Waals surface area (Å²) in [6.45, 7) is 6.99. The third-order valence-corrected chi connectivity index (χ3v) is 5.39. The summed E-state index contributed by atoms with van der Waals surface area (Å²) < 4.78 is 5.48. The van der Waals surface area contributed by atoms with Gasteiger partial charge in [-0.1, -0.05) is 0 Å². The van der Waals surface area contributed by atoms with Crippen molar-refractivity contribution in [3.63, 3.8) is 0 Å². The molecule has 7 heteroatoms. The molecule has 1 saturated heterocycles. The summed E-state index contributed by atoms with van der Waals surface area (Å²) in [6, 6.07) is 1.84. The van der Waals surface area contributed by atoms with Crippen LogP contribution >= 0.6 is 0 Å². The Bertz CT molecular complexity index is 887. The lowest BCUT2D eigenvalue weighted by molar-refractivity contribution is -0.117. The van der Waals surface area contributed by atoms with Crippen LogP contribution in [0.25, 0.3) is 11.0 Å². The van der Waals surface area contributed by atoms with Crippen molar-refractivity contribution in [3.05, 3.63) is 24.0 Å². The highest BCUT2D eigenvalue weighted by Crippen LogP contribution is 2.35. The number of aromatic amines is 1. The maximum Gasteiger partial charge on any atom is 0.410 e. The van der Waals surface area contributed by atoms with E-state index in [0.29, 0.717) is 19.0 Å². The maximum atomic E-state index is 12.3. The molecule has 2 amide bonds. The summed E-state index contributed by atoms with van der Waals surface area (Å²) in [6.07, 6.45) is 7.20. The molecule has 0 atom stereocenters. The molecule has 1 aliphatic carbocycles. The van der Waals surface area contributed by atoms with Gasteiger partial charge in [-0.15, -0.1) is 0 Å². The lowest BCUT2D eigenvalue weighted by Crippen LogP contribution is -2.41. The summed E-state index contributed by atoms with van der Waals surface area (Å²) in [5.74, 6) is 0.582. The fourth-order valence-corrected chi connectivity index (χ4v) is 3.74. The monoisotopic (exact) mass is 384 g/mol. The number of hydrogen-bond acceptors (Lipinski definition) is 4. The number of likely N-dealkylation sites (tertiary alicyclic amines) is 1. The van der Waals surface area contributed by atoms with Crippen molar-refractivity contribution >= 4 is 28.7 Å². The van der Waals surface area contributed by atoms with E-state index in [9.17, 15) is 9.59 Å². The SMILES string of the molecule is CC(C)(C)OC(=O)N1CCC(c2c[nH]c3c(NC(=O)C4CC4)ccnc23)CC1. The molecule has 0 aromatic carbocycles. The van der Waals surface area contributed by atoms with Gasteiger partial charge in [0.1, 0.15) is 5.60 Å². The van der Waals surface area contributed by atoms with E-state index in [1.165, 1.54) is 0 Å². The van der Waals surface area contributed by atoms with E-state index in [-0.39, 0.29) is 17.9 Å². The minimum Gasteiger partial charge on any atom is -0.444 e. The van der Waals surface area contributed by atoms with Crippen LogP contribution in [0.2, 0.25) is 0 Å². The predicted molar refractivity (Wildman–Crippen MR) is 107 cm³/mol. The predicted octanol–water partition coefficient (Wildman–Crippen LogP) is 4.03. The van der Waals surface area contributed by atoms with Crippen LogP contribution in [0.3, 0.4) is 0 Å². The van der Waals surface area contributed by atoms with Crippen LogP contribution in [0.4, 0.5) is 10.5 Å². The Morgan fingerprint density at radius 1 is 1.21 bits per heavy atom. The number of H-pyrrole nitrogens is 1. The lowest BCUT2D eigenvalue weighted by atomic mass is 9.90. The van der Waals surface area contributed by atoms with Crippen LogP contribution < -0.4 is 5.32 Å². The molecule has 28 heavy (non-hydrogen) atoms. The number of carbonyl (C=O) groups is 2. The van der Waals surface area contributed by atoms with Crippen LogP contribution in [0.15, 0.2) is 18.5 Å². The van der Waals surface area contributed by atoms with Gasteiger partial charge in [0.05, 0.1) is 16.7 Å². The molecular formula is C21H28N4O3. The largest absolute Gasteiger partial charge is 0.444 e. The number of anilines is 1. The number of nitrogens with one attached hydrogen (secondary N) is 2. The second-order valence-corrected chi connectivity index (χ2v) is 8.83. The molecule has 1 aliphatic heterocycles. The minimum absolute atomic E-state index is 0.0920. The Morgan fingerprint density at radius 2 is 1.93 bits per heavy atom. The number of pyridine rings is 1. The molecule has 2 N–H and O–H groups in total. The number of piperidine rings is 1. The molecule has 2 aromatic heterocycles. The van der Waals surface area contributed by atoms with Crippen molar-refractivity contribution in [2.24, 2.45) is 5.92 Å². The van der Waals surface area contributed by atoms with E-state index in [4.69, 9.17) is 4.74 Å². The zero-order valence-electron chi connectivity index (χ0n) is 16.7. The van der Waals surface area contributed by atoms with E-state index < -0.39 is 5.60 Å². The van der Waals surface area contributed by atoms with Gasteiger partial charge in [0, 0.05) is 31.4 Å². The molecule has 4 rings (SSSR count). The molecule has 0 bridgehead atoms. The van der Waals surface area contributed by atoms with Gasteiger partial charge in [0.25, 0.3) is 0 Å². The van der Waals surface area contributed by atoms with Crippen LogP contribution in [0, 0.1) is 5.92 Å². The van der Waals surface area contributed by atoms with Crippen LogP contribution in [-0.2, 0) is 9.53 Å². The molecule has 1 saturated carbocycles. The number of rotatable bonds is 3. The zero-order chi connectivity index (χ0) is 19.9. The van der Waals surface area contributed by atoms with Gasteiger partial charge in [0.2, 0.25) is 5.91 Å². The number of carbonyl (C=O) groups excluding carboxylic acids is 2. The van der Waals surface area contributed by atoms with Gasteiger partial charge in [-0.2, -0.15) is 0 Å². The molecule has 2 fully saturated rings. The third kappa shape index (κ3) is 3.98. The van der Waals surface area contributed by atoms with Crippen molar-refractivity contribution in [3.8, 4) is 0 Å². The van der Waals surface area contributed by atoms with E-state index >= 15 is 0 Å². The van der Waals surface area contributed by atoms with Crippen LogP contribution in [0.1, 0.15) is 57.9 Å². The Morgan fingerprint density at radius 3 is 2.57 bits per heavy atom. The van der Waals surface area contributed by atoms with Gasteiger partial charge >= 0.3 is 6.09 Å². The highest BCUT2D eigenvalue weighted by molar-refractivity contribution is 6.01. The minimum atomic E-state index is -0.476. The number of fused-ring (bicyclic) bond motifs is 1. The standard InChI is InChI=1S/C21H28N4O3/c1-21(2,3)28-20(27)25-10-7-13(8-11-25)15-12-23-18-16(6-9-22-17(15)18)24-19(26)14-4-5-14/h6,9,12-14,23H,4-5,7-8,10-11H2,1-3H3,(H,22,24,26). The molecule has 2 aromatic rings. The van der Waals surface area contributed by atoms with Crippen molar-refractivity contribution in [1.82, 2.24) is 14.9 Å². The molecule has 2 aliphatic rings. The number of ether oxygens (including phenoxy) is 1. The van der Waals surface area contributed by atoms with Crippen molar-refractivity contribution in [2.75, 3.05) is 18.4 Å². The zero-order valence-corrected chi connectivity index (χ0v) is 16.7. The topological polar surface area (TPSA) is 87.3 Å². The third-order valence-electron chi connectivity index (χ3n) is 5.39. The summed E-state index contributed by atoms with van der Waals surface area (Å²) in [5, 5.41) is 3.03. The van der Waals surface area contributed by atoms with E-state index in [2.05, 4.69) is 15.3 Å². The van der Waals surface area contributed by atoms with Crippen LogP contribution in [-0.4, -0.2) is 45.6 Å². The van der Waals surface area contributed by atoms with E-state index in [1.807, 2.05) is 33.0 Å². The van der Waals surface area contributed by atoms with Gasteiger partial charge in [-0.25, -0.2) is 4.79 Å². The van der Waals surface area contributed by atoms with Crippen LogP contribution in [0.5, 0.6) is 0 Å². The first-order chi connectivity index (χ1) is 13.3. The first-order valence-electron chi connectivity index (χ1n) is 10.1. The maximum absolute atomic E-state index is 12.3. The number of aromatic nitrogens is 2. The molecule has 150 valence electrons. The van der Waals surface area contributed by atoms with Gasteiger partial charge in [0.15, 0.2) is 0 Å². The normalized spacial score (nSPS) is 18.3. The first-order valence-corrected chi connectivity index (χ1v) is 10.1. The molecule has 0 unspecified atom stereocenters. The molecule has 7 nitrogen and oxygen atoms in total. The smallest absolute Gasteiger partial charge is 0.410 e. The van der Waals surface area contributed by atoms with E-state index in [1.54, 1.807) is 11.1 Å². The second-order valence-electron chi connectivity index (χ2n) is 8.83. The first kappa shape index (κ1) is 18.8. The highest BCUT2D eigenvalue weighted by atomic mass is 16.6. The molecule has 0 radical (unpaired) electrons. The average molecular weight is 384 g/mol. The quantitative estimate of drug-likeness (QED) is 0.836. The van der Waals surface area contributed by atoms with Crippen molar-refractivity contribution in [2.45, 2.75) is 58.0 Å². The van der Waals surface area contributed by atoms with Gasteiger partial charge < -0.3 is 19.9 Å². The highest BCUT2D eigenvalue weighted by Gasteiger charge is 2.31. The fourth-order valence-electron chi connectivity index (χ4n) is 3.74. The second kappa shape index (κ2) is 7.11. The summed E-state index contributed by atoms with van der Waals surface area (Å²) >= 11 is 0. The number of nitrogens with zero attached hydrogens (tertiary/aromatic N) is 2. The fraction of sp³-hybridized carbons (Fsp3) is 0.571. The Balaban J connectivity index is 1.45. The van der Waals surface area contributed by atoms with Gasteiger partial charge in [-0.05, 0) is 64.0 Å². The summed E-state index contributed by atoms with van der Waals surface area (Å²) in [7, 11) is 0. The number of amides is 2. The summed E-state index contributed by atoms with van der Waals surface area (Å²) in [4.78, 5) is 34.0.